The number of benzene rings is 2. The van der Waals surface area contributed by atoms with E-state index in [1.54, 1.807) is 0 Å². The lowest BCUT2D eigenvalue weighted by Crippen LogP contribution is -2.34. The maximum Gasteiger partial charge on any atom is 0.335 e. The summed E-state index contributed by atoms with van der Waals surface area (Å²) in [5.74, 6) is -0.167. The van der Waals surface area contributed by atoms with E-state index in [9.17, 15) is 4.79 Å². The molecule has 2 aromatic rings. The number of esters is 1. The minimum absolute atomic E-state index is 0.167. The molecule has 2 aromatic carbocycles. The molecule has 3 nitrogen and oxygen atoms in total. The quantitative estimate of drug-likeness (QED) is 0.672. The van der Waals surface area contributed by atoms with Crippen molar-refractivity contribution >= 4 is 11.5 Å². The summed E-state index contributed by atoms with van der Waals surface area (Å²) in [6.45, 7) is 11.5. The maximum absolute atomic E-state index is 13.0. The van der Waals surface area contributed by atoms with Crippen LogP contribution in [0.1, 0.15) is 41.2 Å². The molecule has 1 aliphatic rings. The lowest BCUT2D eigenvalue weighted by molar-refractivity contribution is -0.139. The monoisotopic (exact) mass is 377 g/mol. The number of carbonyl (C=O) groups is 1. The molecule has 148 valence electrons. The van der Waals surface area contributed by atoms with Gasteiger partial charge in [-0.15, -0.1) is 0 Å². The Hall–Kier alpha value is -2.39. The van der Waals surface area contributed by atoms with Crippen LogP contribution in [0.2, 0.25) is 0 Å². The second kappa shape index (κ2) is 9.20. The van der Waals surface area contributed by atoms with Crippen LogP contribution in [-0.2, 0) is 16.0 Å². The molecule has 0 saturated heterocycles. The number of carbonyl (C=O) groups excluding carboxylic acids is 1. The first-order valence-electron chi connectivity index (χ1n) is 10.2. The zero-order valence-electron chi connectivity index (χ0n) is 17.5. The van der Waals surface area contributed by atoms with E-state index < -0.39 is 0 Å². The van der Waals surface area contributed by atoms with Crippen LogP contribution in [0.3, 0.4) is 0 Å². The molecule has 1 heterocycles. The Morgan fingerprint density at radius 3 is 2.39 bits per heavy atom. The normalized spacial score (nSPS) is 15.0. The Labute approximate surface area is 169 Å². The van der Waals surface area contributed by atoms with Gasteiger partial charge in [0.1, 0.15) is 0 Å². The van der Waals surface area contributed by atoms with Crippen LogP contribution in [0.15, 0.2) is 48.0 Å². The van der Waals surface area contributed by atoms with E-state index in [0.717, 1.165) is 42.6 Å². The van der Waals surface area contributed by atoms with Crippen LogP contribution in [0.5, 0.6) is 0 Å². The molecule has 0 radical (unpaired) electrons. The molecule has 0 amide bonds. The number of likely N-dealkylation sites (N-methyl/N-ethyl adjacent to an activating group) is 1. The zero-order chi connectivity index (χ0) is 20.1. The summed E-state index contributed by atoms with van der Waals surface area (Å²) in [5.41, 5.74) is 8.19. The number of nitrogens with zero attached hydrogens (tertiary/aromatic N) is 1. The summed E-state index contributed by atoms with van der Waals surface area (Å²) in [7, 11) is 0. The highest BCUT2D eigenvalue weighted by Gasteiger charge is 2.25. The summed E-state index contributed by atoms with van der Waals surface area (Å²) in [6, 6.07) is 14.6. The first-order valence-corrected chi connectivity index (χ1v) is 10.2. The molecule has 28 heavy (non-hydrogen) atoms. The zero-order valence-corrected chi connectivity index (χ0v) is 17.5. The molecule has 0 aliphatic carbocycles. The van der Waals surface area contributed by atoms with Gasteiger partial charge in [0.2, 0.25) is 0 Å². The smallest absolute Gasteiger partial charge is 0.335 e. The predicted molar refractivity (Wildman–Crippen MR) is 115 cm³/mol. The van der Waals surface area contributed by atoms with Gasteiger partial charge in [0.05, 0.1) is 12.2 Å². The number of rotatable bonds is 6. The van der Waals surface area contributed by atoms with Crippen molar-refractivity contribution in [2.45, 2.75) is 40.5 Å². The topological polar surface area (TPSA) is 29.5 Å². The minimum Gasteiger partial charge on any atom is -0.462 e. The number of hydrogen-bond donors (Lipinski definition) is 0. The van der Waals surface area contributed by atoms with E-state index in [1.807, 2.05) is 18.2 Å². The molecule has 0 bridgehead atoms. The molecule has 0 fully saturated rings. The van der Waals surface area contributed by atoms with Crippen molar-refractivity contribution < 1.29 is 9.53 Å². The van der Waals surface area contributed by atoms with Crippen molar-refractivity contribution in [2.24, 2.45) is 0 Å². The summed E-state index contributed by atoms with van der Waals surface area (Å²) in [4.78, 5) is 15.3. The van der Waals surface area contributed by atoms with Crippen LogP contribution in [0.4, 0.5) is 0 Å². The molecule has 0 atom stereocenters. The standard InChI is InChI=1S/C25H31NO2/c1-5-26-13-11-23(21-9-7-6-8-10-21)24(17-26)25(27)28-14-12-22-19(3)15-18(2)16-20(22)4/h6-10,15-16H,5,11-14,17H2,1-4H3. The minimum atomic E-state index is -0.167. The lowest BCUT2D eigenvalue weighted by atomic mass is 9.93. The number of ether oxygens (including phenoxy) is 1. The molecule has 1 aliphatic heterocycles. The summed E-state index contributed by atoms with van der Waals surface area (Å²) < 4.78 is 5.75. The fourth-order valence-corrected chi connectivity index (χ4v) is 4.17. The van der Waals surface area contributed by atoms with Crippen molar-refractivity contribution in [2.75, 3.05) is 26.2 Å². The van der Waals surface area contributed by atoms with Gasteiger partial charge in [0.25, 0.3) is 0 Å². The summed E-state index contributed by atoms with van der Waals surface area (Å²) in [6.07, 6.45) is 1.65. The van der Waals surface area contributed by atoms with E-state index in [4.69, 9.17) is 4.74 Å². The average Bonchev–Trinajstić information content (AvgIpc) is 2.70. The van der Waals surface area contributed by atoms with Crippen molar-refractivity contribution in [1.29, 1.82) is 0 Å². The SMILES string of the molecule is CCN1CCC(c2ccccc2)=C(C(=O)OCCc2c(C)cc(C)cc2C)C1. The van der Waals surface area contributed by atoms with Crippen molar-refractivity contribution in [3.63, 3.8) is 0 Å². The van der Waals surface area contributed by atoms with Crippen molar-refractivity contribution in [3.05, 3.63) is 75.9 Å². The Kier molecular flexibility index (Phi) is 6.69. The third-order valence-electron chi connectivity index (χ3n) is 5.67. The highest BCUT2D eigenvalue weighted by Crippen LogP contribution is 2.28. The van der Waals surface area contributed by atoms with Gasteiger partial charge in [-0.2, -0.15) is 0 Å². The van der Waals surface area contributed by atoms with Crippen LogP contribution >= 0.6 is 0 Å². The van der Waals surface area contributed by atoms with Crippen molar-refractivity contribution in [3.8, 4) is 0 Å². The third-order valence-corrected chi connectivity index (χ3v) is 5.67. The van der Waals surface area contributed by atoms with Crippen LogP contribution in [0.25, 0.3) is 5.57 Å². The summed E-state index contributed by atoms with van der Waals surface area (Å²) in [5, 5.41) is 0. The first kappa shape index (κ1) is 20.3. The highest BCUT2D eigenvalue weighted by molar-refractivity contribution is 5.98. The van der Waals surface area contributed by atoms with Crippen LogP contribution in [-0.4, -0.2) is 37.1 Å². The van der Waals surface area contributed by atoms with Gasteiger partial charge in [-0.25, -0.2) is 4.79 Å². The molecule has 3 rings (SSSR count). The van der Waals surface area contributed by atoms with Crippen LogP contribution < -0.4 is 0 Å². The molecular weight excluding hydrogens is 346 g/mol. The van der Waals surface area contributed by atoms with Gasteiger partial charge < -0.3 is 4.74 Å². The Morgan fingerprint density at radius 1 is 1.07 bits per heavy atom. The fraction of sp³-hybridized carbons (Fsp3) is 0.400. The second-order valence-corrected chi connectivity index (χ2v) is 7.71. The predicted octanol–water partition coefficient (Wildman–Crippen LogP) is 4.88. The molecule has 0 saturated carbocycles. The highest BCUT2D eigenvalue weighted by atomic mass is 16.5. The van der Waals surface area contributed by atoms with Crippen LogP contribution in [0, 0.1) is 20.8 Å². The van der Waals surface area contributed by atoms with E-state index in [0.29, 0.717) is 13.2 Å². The Balaban J connectivity index is 1.74. The molecule has 0 spiro atoms. The summed E-state index contributed by atoms with van der Waals surface area (Å²) >= 11 is 0. The number of hydrogen-bond acceptors (Lipinski definition) is 3. The van der Waals surface area contributed by atoms with E-state index >= 15 is 0 Å². The van der Waals surface area contributed by atoms with Gasteiger partial charge in [-0.05, 0) is 61.6 Å². The maximum atomic E-state index is 13.0. The fourth-order valence-electron chi connectivity index (χ4n) is 4.17. The Bertz CT molecular complexity index is 844. The van der Waals surface area contributed by atoms with Gasteiger partial charge in [0.15, 0.2) is 0 Å². The van der Waals surface area contributed by atoms with Gasteiger partial charge >= 0.3 is 5.97 Å². The largest absolute Gasteiger partial charge is 0.462 e. The average molecular weight is 378 g/mol. The van der Waals surface area contributed by atoms with E-state index in [1.165, 1.54) is 22.3 Å². The molecule has 0 aromatic heterocycles. The third kappa shape index (κ3) is 4.71. The number of aryl methyl sites for hydroxylation is 3. The van der Waals surface area contributed by atoms with Crippen molar-refractivity contribution in [1.82, 2.24) is 4.90 Å². The second-order valence-electron chi connectivity index (χ2n) is 7.71. The van der Waals surface area contributed by atoms with Gasteiger partial charge in [-0.3, -0.25) is 4.90 Å². The molecule has 3 heteroatoms. The lowest BCUT2D eigenvalue weighted by Gasteiger charge is -2.29. The first-order chi connectivity index (χ1) is 13.5. The molecular formula is C25H31NO2. The van der Waals surface area contributed by atoms with Gasteiger partial charge in [-0.1, -0.05) is 55.0 Å². The van der Waals surface area contributed by atoms with E-state index in [-0.39, 0.29) is 5.97 Å². The molecule has 0 unspecified atom stereocenters. The van der Waals surface area contributed by atoms with E-state index in [2.05, 4.69) is 56.9 Å². The molecule has 0 N–H and O–H groups in total. The Morgan fingerprint density at radius 2 is 1.75 bits per heavy atom. The van der Waals surface area contributed by atoms with Gasteiger partial charge in [0, 0.05) is 19.5 Å².